The molecule has 0 spiro atoms. The molecule has 7 nitrogen and oxygen atoms in total. The van der Waals surface area contributed by atoms with Gasteiger partial charge < -0.3 is 9.64 Å². The Balaban J connectivity index is 1.92. The molecule has 150 valence electrons. The van der Waals surface area contributed by atoms with E-state index in [0.717, 1.165) is 5.56 Å². The van der Waals surface area contributed by atoms with E-state index < -0.39 is 17.8 Å². The van der Waals surface area contributed by atoms with Gasteiger partial charge in [0, 0.05) is 18.2 Å². The molecule has 0 unspecified atom stereocenters. The molecule has 7 heteroatoms. The molecule has 0 N–H and O–H groups in total. The van der Waals surface area contributed by atoms with Gasteiger partial charge in [-0.05, 0) is 37.6 Å². The van der Waals surface area contributed by atoms with Crippen LogP contribution in [0.25, 0.3) is 0 Å². The molecule has 0 aromatic heterocycles. The van der Waals surface area contributed by atoms with Crippen LogP contribution in [0.1, 0.15) is 50.5 Å². The predicted molar refractivity (Wildman–Crippen MR) is 105 cm³/mol. The van der Waals surface area contributed by atoms with E-state index in [2.05, 4.69) is 0 Å². The fourth-order valence-electron chi connectivity index (χ4n) is 3.27. The maximum absolute atomic E-state index is 13.1. The molecule has 0 fully saturated rings. The second kappa shape index (κ2) is 8.26. The van der Waals surface area contributed by atoms with Crippen LogP contribution in [0.5, 0.6) is 0 Å². The summed E-state index contributed by atoms with van der Waals surface area (Å²) >= 11 is 0. The van der Waals surface area contributed by atoms with Crippen LogP contribution in [-0.4, -0.2) is 53.2 Å². The van der Waals surface area contributed by atoms with Gasteiger partial charge in [-0.3, -0.25) is 24.1 Å². The number of esters is 1. The summed E-state index contributed by atoms with van der Waals surface area (Å²) in [7, 11) is 1.26. The highest BCUT2D eigenvalue weighted by Crippen LogP contribution is 2.26. The molecule has 2 aromatic carbocycles. The molecule has 2 aromatic rings. The van der Waals surface area contributed by atoms with Gasteiger partial charge >= 0.3 is 5.97 Å². The van der Waals surface area contributed by atoms with Crippen molar-refractivity contribution in [2.75, 3.05) is 13.7 Å². The summed E-state index contributed by atoms with van der Waals surface area (Å²) < 4.78 is 4.71. The van der Waals surface area contributed by atoms with Crippen LogP contribution >= 0.6 is 0 Å². The van der Waals surface area contributed by atoms with Crippen molar-refractivity contribution in [2.45, 2.75) is 26.4 Å². The summed E-state index contributed by atoms with van der Waals surface area (Å²) in [5.41, 5.74) is 1.56. The predicted octanol–water partition coefficient (Wildman–Crippen LogP) is 2.51. The summed E-state index contributed by atoms with van der Waals surface area (Å²) in [6.07, 6.45) is 0. The van der Waals surface area contributed by atoms with E-state index in [1.165, 1.54) is 35.1 Å². The van der Waals surface area contributed by atoms with Gasteiger partial charge in [0.25, 0.3) is 17.7 Å². The van der Waals surface area contributed by atoms with Crippen LogP contribution in [-0.2, 0) is 16.1 Å². The Morgan fingerprint density at radius 2 is 1.66 bits per heavy atom. The second-order valence-electron chi connectivity index (χ2n) is 7.06. The lowest BCUT2D eigenvalue weighted by Crippen LogP contribution is -2.36. The fraction of sp³-hybridized carbons (Fsp3) is 0.273. The number of benzene rings is 2. The van der Waals surface area contributed by atoms with E-state index in [1.54, 1.807) is 13.8 Å². The van der Waals surface area contributed by atoms with Gasteiger partial charge in [0.1, 0.15) is 6.54 Å². The van der Waals surface area contributed by atoms with E-state index >= 15 is 0 Å². The van der Waals surface area contributed by atoms with Gasteiger partial charge in [0.2, 0.25) is 0 Å². The number of ether oxygens (including phenoxy) is 1. The molecule has 0 radical (unpaired) electrons. The normalized spacial score (nSPS) is 12.9. The molecule has 1 heterocycles. The van der Waals surface area contributed by atoms with E-state index in [-0.39, 0.29) is 41.7 Å². The zero-order valence-electron chi connectivity index (χ0n) is 16.5. The van der Waals surface area contributed by atoms with Crippen LogP contribution in [0.15, 0.2) is 48.5 Å². The first-order chi connectivity index (χ1) is 13.8. The first-order valence-electron chi connectivity index (χ1n) is 9.25. The Labute approximate surface area is 168 Å². The van der Waals surface area contributed by atoms with Crippen LogP contribution in [0, 0.1) is 0 Å². The third-order valence-electron chi connectivity index (χ3n) is 4.73. The van der Waals surface area contributed by atoms with Gasteiger partial charge in [-0.1, -0.05) is 30.3 Å². The van der Waals surface area contributed by atoms with E-state index in [1.807, 2.05) is 30.3 Å². The minimum atomic E-state index is -0.548. The summed E-state index contributed by atoms with van der Waals surface area (Å²) in [5, 5.41) is 0. The standard InChI is InChI=1S/C22H22N2O5/c1-14(2)24-21(27)17-10-9-16(11-18(17)22(24)28)20(26)23(13-19(25)29-3)12-15-7-5-4-6-8-15/h4-11,14H,12-13H2,1-3H3. The van der Waals surface area contributed by atoms with Crippen LogP contribution in [0.3, 0.4) is 0 Å². The second-order valence-corrected chi connectivity index (χ2v) is 7.06. The Morgan fingerprint density at radius 3 is 2.28 bits per heavy atom. The Bertz CT molecular complexity index is 968. The molecule has 3 rings (SSSR count). The molecule has 0 aliphatic carbocycles. The maximum Gasteiger partial charge on any atom is 0.325 e. The van der Waals surface area contributed by atoms with Crippen molar-refractivity contribution < 1.29 is 23.9 Å². The third kappa shape index (κ3) is 4.03. The van der Waals surface area contributed by atoms with Crippen LogP contribution < -0.4 is 0 Å². The molecule has 0 bridgehead atoms. The Morgan fingerprint density at radius 1 is 1.00 bits per heavy atom. The molecular formula is C22H22N2O5. The SMILES string of the molecule is COC(=O)CN(Cc1ccccc1)C(=O)c1ccc2c(c1)C(=O)N(C(C)C)C2=O. The summed E-state index contributed by atoms with van der Waals surface area (Å²) in [6.45, 7) is 3.49. The molecule has 0 saturated carbocycles. The number of imide groups is 1. The van der Waals surface area contributed by atoms with Crippen molar-refractivity contribution in [3.8, 4) is 0 Å². The molecular weight excluding hydrogens is 372 g/mol. The van der Waals surface area contributed by atoms with Gasteiger partial charge in [0.15, 0.2) is 0 Å². The third-order valence-corrected chi connectivity index (χ3v) is 4.73. The van der Waals surface area contributed by atoms with Crippen LogP contribution in [0.4, 0.5) is 0 Å². The van der Waals surface area contributed by atoms with Gasteiger partial charge in [-0.2, -0.15) is 0 Å². The van der Waals surface area contributed by atoms with Gasteiger partial charge in [0.05, 0.1) is 18.2 Å². The lowest BCUT2D eigenvalue weighted by molar-refractivity contribution is -0.141. The first kappa shape index (κ1) is 20.3. The highest BCUT2D eigenvalue weighted by Gasteiger charge is 2.37. The number of hydrogen-bond donors (Lipinski definition) is 0. The van der Waals surface area contributed by atoms with Crippen molar-refractivity contribution in [3.63, 3.8) is 0 Å². The average molecular weight is 394 g/mol. The molecule has 1 aliphatic heterocycles. The van der Waals surface area contributed by atoms with Crippen molar-refractivity contribution in [1.29, 1.82) is 0 Å². The summed E-state index contributed by atoms with van der Waals surface area (Å²) in [6, 6.07) is 13.4. The topological polar surface area (TPSA) is 84.0 Å². The van der Waals surface area contributed by atoms with Gasteiger partial charge in [-0.25, -0.2) is 0 Å². The summed E-state index contributed by atoms with van der Waals surface area (Å²) in [5.74, 6) is -1.76. The van der Waals surface area contributed by atoms with Crippen molar-refractivity contribution >= 4 is 23.7 Å². The van der Waals surface area contributed by atoms with E-state index in [0.29, 0.717) is 0 Å². The number of methoxy groups -OCH3 is 1. The van der Waals surface area contributed by atoms with Crippen molar-refractivity contribution in [1.82, 2.24) is 9.80 Å². The monoisotopic (exact) mass is 394 g/mol. The number of nitrogens with zero attached hydrogens (tertiary/aromatic N) is 2. The smallest absolute Gasteiger partial charge is 0.325 e. The first-order valence-corrected chi connectivity index (χ1v) is 9.25. The van der Waals surface area contributed by atoms with Crippen LogP contribution in [0.2, 0.25) is 0 Å². The minimum absolute atomic E-state index is 0.201. The summed E-state index contributed by atoms with van der Waals surface area (Å²) in [4.78, 5) is 52.5. The van der Waals surface area contributed by atoms with E-state index in [9.17, 15) is 19.2 Å². The minimum Gasteiger partial charge on any atom is -0.468 e. The zero-order valence-corrected chi connectivity index (χ0v) is 16.5. The number of carbonyl (C=O) groups is 4. The quantitative estimate of drug-likeness (QED) is 0.555. The largest absolute Gasteiger partial charge is 0.468 e. The van der Waals surface area contributed by atoms with Crippen molar-refractivity contribution in [2.24, 2.45) is 0 Å². The molecule has 3 amide bonds. The molecule has 29 heavy (non-hydrogen) atoms. The Kier molecular flexibility index (Phi) is 5.77. The number of fused-ring (bicyclic) bond motifs is 1. The Hall–Kier alpha value is -3.48. The number of amides is 3. The zero-order chi connectivity index (χ0) is 21.1. The van der Waals surface area contributed by atoms with Crippen molar-refractivity contribution in [3.05, 3.63) is 70.8 Å². The lowest BCUT2D eigenvalue weighted by atomic mass is 10.0. The number of carbonyl (C=O) groups excluding carboxylic acids is 4. The highest BCUT2D eigenvalue weighted by atomic mass is 16.5. The molecule has 1 aliphatic rings. The fourth-order valence-corrected chi connectivity index (χ4v) is 3.27. The lowest BCUT2D eigenvalue weighted by Gasteiger charge is -2.22. The highest BCUT2D eigenvalue weighted by molar-refractivity contribution is 6.22. The number of rotatable bonds is 6. The maximum atomic E-state index is 13.1. The molecule has 0 saturated heterocycles. The number of hydrogen-bond acceptors (Lipinski definition) is 5. The average Bonchev–Trinajstić information content (AvgIpc) is 2.97. The van der Waals surface area contributed by atoms with E-state index in [4.69, 9.17) is 4.74 Å². The van der Waals surface area contributed by atoms with Gasteiger partial charge in [-0.15, -0.1) is 0 Å². The molecule has 0 atom stereocenters.